The minimum atomic E-state index is -4.49. The average Bonchev–Trinajstić information content (AvgIpc) is 3.30. The number of aromatic nitrogens is 8. The summed E-state index contributed by atoms with van der Waals surface area (Å²) in [5.41, 5.74) is 1.99. The van der Waals surface area contributed by atoms with Gasteiger partial charge in [-0.15, -0.1) is 0 Å². The Bertz CT molecular complexity index is 1560. The molecule has 0 amide bonds. The van der Waals surface area contributed by atoms with E-state index in [-0.39, 0.29) is 5.82 Å². The van der Waals surface area contributed by atoms with Crippen LogP contribution >= 0.6 is 0 Å². The lowest BCUT2D eigenvalue weighted by atomic mass is 10.1. The molecule has 1 aliphatic carbocycles. The fourth-order valence-electron chi connectivity index (χ4n) is 4.20. The summed E-state index contributed by atoms with van der Waals surface area (Å²) in [4.78, 5) is 13.1. The monoisotopic (exact) mass is 494 g/mol. The van der Waals surface area contributed by atoms with Gasteiger partial charge in [-0.2, -0.15) is 23.4 Å². The van der Waals surface area contributed by atoms with E-state index in [9.17, 15) is 13.2 Å². The summed E-state index contributed by atoms with van der Waals surface area (Å²) in [6.45, 7) is 0.424. The number of halogens is 3. The van der Waals surface area contributed by atoms with E-state index in [1.54, 1.807) is 49.6 Å². The first-order valence-corrected chi connectivity index (χ1v) is 11.3. The topological polar surface area (TPSA) is 88.5 Å². The van der Waals surface area contributed by atoms with Crippen LogP contribution in [0, 0.1) is 0 Å². The molecule has 0 saturated heterocycles. The molecule has 184 valence electrons. The Kier molecular flexibility index (Phi) is 5.06. The van der Waals surface area contributed by atoms with Crippen LogP contribution in [0.3, 0.4) is 0 Å². The Morgan fingerprint density at radius 2 is 1.81 bits per heavy atom. The smallest absolute Gasteiger partial charge is 0.434 e. The Labute approximate surface area is 203 Å². The number of rotatable bonds is 6. The highest BCUT2D eigenvalue weighted by molar-refractivity contribution is 5.76. The predicted octanol–water partition coefficient (Wildman–Crippen LogP) is 4.50. The molecule has 1 fully saturated rings. The summed E-state index contributed by atoms with van der Waals surface area (Å²) in [5, 5.41) is 9.72. The van der Waals surface area contributed by atoms with E-state index in [0.29, 0.717) is 35.4 Å². The highest BCUT2D eigenvalue weighted by atomic mass is 19.4. The van der Waals surface area contributed by atoms with Crippen molar-refractivity contribution in [2.75, 3.05) is 7.11 Å². The molecular formula is C24H21F3N8O. The van der Waals surface area contributed by atoms with Gasteiger partial charge >= 0.3 is 6.18 Å². The zero-order chi connectivity index (χ0) is 25.0. The number of hydrogen-bond acceptors (Lipinski definition) is 6. The highest BCUT2D eigenvalue weighted by Crippen LogP contribution is 2.40. The molecule has 1 aromatic carbocycles. The van der Waals surface area contributed by atoms with Crippen molar-refractivity contribution in [3.05, 3.63) is 60.3 Å². The molecule has 5 aromatic rings. The lowest BCUT2D eigenvalue weighted by molar-refractivity contribution is -0.140. The van der Waals surface area contributed by atoms with Crippen LogP contribution in [0.2, 0.25) is 0 Å². The Balaban J connectivity index is 1.30. The first kappa shape index (κ1) is 22.3. The minimum Gasteiger partial charge on any atom is -0.493 e. The van der Waals surface area contributed by atoms with E-state index in [2.05, 4.69) is 20.2 Å². The second kappa shape index (κ2) is 8.18. The average molecular weight is 494 g/mol. The quantitative estimate of drug-likeness (QED) is 0.345. The largest absolute Gasteiger partial charge is 0.493 e. The van der Waals surface area contributed by atoms with E-state index in [1.807, 2.05) is 16.8 Å². The van der Waals surface area contributed by atoms with Crippen LogP contribution in [0.5, 0.6) is 5.75 Å². The lowest BCUT2D eigenvalue weighted by Crippen LogP contribution is -2.06. The molecule has 36 heavy (non-hydrogen) atoms. The van der Waals surface area contributed by atoms with Crippen LogP contribution in [0.15, 0.2) is 49.1 Å². The summed E-state index contributed by atoms with van der Waals surface area (Å²) in [7, 11) is 3.14. The zero-order valence-corrected chi connectivity index (χ0v) is 19.4. The third-order valence-electron chi connectivity index (χ3n) is 6.17. The number of ether oxygens (including phenoxy) is 1. The summed E-state index contributed by atoms with van der Waals surface area (Å²) < 4.78 is 49.6. The Morgan fingerprint density at radius 3 is 2.47 bits per heavy atom. The van der Waals surface area contributed by atoms with Gasteiger partial charge in [-0.3, -0.25) is 4.68 Å². The molecule has 12 heteroatoms. The standard InChI is InChI=1S/C24H21F3N8O/c1-33-13-19(24(25,26)27)31-22(33)15-5-3-14(4-6-15)12-34-23-16(10-29-34)9-28-21(32-23)20-18(36-2)11-30-35(20)17-7-8-17/h3-6,9-11,13,17H,7-8,12H2,1-2H3. The Hall–Kier alpha value is -4.22. The maximum absolute atomic E-state index is 13.0. The number of methoxy groups -OCH3 is 1. The van der Waals surface area contributed by atoms with Crippen molar-refractivity contribution in [1.82, 2.24) is 39.1 Å². The third-order valence-corrected chi connectivity index (χ3v) is 6.17. The molecule has 6 rings (SSSR count). The summed E-state index contributed by atoms with van der Waals surface area (Å²) in [6, 6.07) is 7.53. The molecular weight excluding hydrogens is 473 g/mol. The molecule has 0 unspecified atom stereocenters. The number of benzene rings is 1. The van der Waals surface area contributed by atoms with Gasteiger partial charge in [0.15, 0.2) is 22.9 Å². The van der Waals surface area contributed by atoms with Gasteiger partial charge in [0.25, 0.3) is 0 Å². The van der Waals surface area contributed by atoms with Crippen LogP contribution in [-0.4, -0.2) is 46.2 Å². The van der Waals surface area contributed by atoms with E-state index in [4.69, 9.17) is 9.72 Å². The van der Waals surface area contributed by atoms with Crippen LogP contribution in [0.25, 0.3) is 33.9 Å². The minimum absolute atomic E-state index is 0.247. The van der Waals surface area contributed by atoms with Crippen molar-refractivity contribution in [3.63, 3.8) is 0 Å². The van der Waals surface area contributed by atoms with Crippen molar-refractivity contribution < 1.29 is 17.9 Å². The molecule has 0 spiro atoms. The van der Waals surface area contributed by atoms with Gasteiger partial charge in [0.1, 0.15) is 11.5 Å². The van der Waals surface area contributed by atoms with Gasteiger partial charge in [-0.05, 0) is 18.4 Å². The zero-order valence-electron chi connectivity index (χ0n) is 19.4. The Morgan fingerprint density at radius 1 is 1.03 bits per heavy atom. The fraction of sp³-hybridized carbons (Fsp3) is 0.292. The van der Waals surface area contributed by atoms with Crippen molar-refractivity contribution in [2.45, 2.75) is 31.6 Å². The molecule has 0 N–H and O–H groups in total. The number of alkyl halides is 3. The highest BCUT2D eigenvalue weighted by Gasteiger charge is 2.34. The first-order valence-electron chi connectivity index (χ1n) is 11.3. The third kappa shape index (κ3) is 3.88. The van der Waals surface area contributed by atoms with Gasteiger partial charge in [-0.1, -0.05) is 24.3 Å². The van der Waals surface area contributed by atoms with E-state index in [0.717, 1.165) is 35.7 Å². The second-order valence-electron chi connectivity index (χ2n) is 8.77. The maximum Gasteiger partial charge on any atom is 0.434 e. The number of aryl methyl sites for hydroxylation is 1. The summed E-state index contributed by atoms with van der Waals surface area (Å²) in [6.07, 6.45) is 3.73. The van der Waals surface area contributed by atoms with Crippen molar-refractivity contribution >= 4 is 11.0 Å². The van der Waals surface area contributed by atoms with Gasteiger partial charge in [0.05, 0.1) is 37.5 Å². The van der Waals surface area contributed by atoms with Gasteiger partial charge in [0, 0.05) is 25.0 Å². The molecule has 0 radical (unpaired) electrons. The van der Waals surface area contributed by atoms with Crippen LogP contribution < -0.4 is 4.74 Å². The summed E-state index contributed by atoms with van der Waals surface area (Å²) in [5.74, 6) is 1.37. The van der Waals surface area contributed by atoms with Crippen molar-refractivity contribution in [3.8, 4) is 28.7 Å². The first-order chi connectivity index (χ1) is 17.3. The van der Waals surface area contributed by atoms with E-state index in [1.165, 1.54) is 4.57 Å². The van der Waals surface area contributed by atoms with E-state index < -0.39 is 11.9 Å². The fourth-order valence-corrected chi connectivity index (χ4v) is 4.20. The second-order valence-corrected chi connectivity index (χ2v) is 8.77. The maximum atomic E-state index is 13.0. The summed E-state index contributed by atoms with van der Waals surface area (Å²) >= 11 is 0. The van der Waals surface area contributed by atoms with Gasteiger partial charge < -0.3 is 9.30 Å². The number of hydrogen-bond donors (Lipinski definition) is 0. The van der Waals surface area contributed by atoms with Crippen molar-refractivity contribution in [1.29, 1.82) is 0 Å². The van der Waals surface area contributed by atoms with Crippen molar-refractivity contribution in [2.24, 2.45) is 7.05 Å². The molecule has 1 saturated carbocycles. The lowest BCUT2D eigenvalue weighted by Gasteiger charge is -2.08. The molecule has 0 aliphatic heterocycles. The molecule has 0 atom stereocenters. The molecule has 0 bridgehead atoms. The van der Waals surface area contributed by atoms with Gasteiger partial charge in [-0.25, -0.2) is 19.6 Å². The van der Waals surface area contributed by atoms with Crippen LogP contribution in [-0.2, 0) is 19.8 Å². The van der Waals surface area contributed by atoms with Crippen LogP contribution in [0.1, 0.15) is 30.1 Å². The number of nitrogens with zero attached hydrogens (tertiary/aromatic N) is 8. The van der Waals surface area contributed by atoms with Gasteiger partial charge in [0.2, 0.25) is 0 Å². The predicted molar refractivity (Wildman–Crippen MR) is 124 cm³/mol. The number of fused-ring (bicyclic) bond motifs is 1. The normalized spacial score (nSPS) is 14.0. The SMILES string of the molecule is COc1cnn(C2CC2)c1-c1ncc2cnn(Cc3ccc(-c4nc(C(F)(F)F)cn4C)cc3)c2n1. The van der Waals surface area contributed by atoms with E-state index >= 15 is 0 Å². The van der Waals surface area contributed by atoms with Crippen LogP contribution in [0.4, 0.5) is 13.2 Å². The molecule has 1 aliphatic rings. The number of imidazole rings is 1. The molecule has 4 heterocycles. The molecule has 4 aromatic heterocycles. The molecule has 9 nitrogen and oxygen atoms in total.